The van der Waals surface area contributed by atoms with Crippen molar-refractivity contribution in [2.75, 3.05) is 39.4 Å². The van der Waals surface area contributed by atoms with Crippen molar-refractivity contribution in [3.63, 3.8) is 0 Å². The fourth-order valence-electron chi connectivity index (χ4n) is 4.30. The van der Waals surface area contributed by atoms with E-state index in [9.17, 15) is 9.59 Å². The zero-order valence-electron chi connectivity index (χ0n) is 18.1. The second kappa shape index (κ2) is 9.40. The molecule has 2 fully saturated rings. The van der Waals surface area contributed by atoms with Crippen LogP contribution in [0.1, 0.15) is 40.0 Å². The Morgan fingerprint density at radius 3 is 2.32 bits per heavy atom. The third-order valence-corrected chi connectivity index (χ3v) is 6.57. The molecule has 2 saturated heterocycles. The molecule has 1 aromatic carbocycles. The maximum atomic E-state index is 13.2. The first kappa shape index (κ1) is 21.8. The predicted molar refractivity (Wildman–Crippen MR) is 118 cm³/mol. The van der Waals surface area contributed by atoms with Crippen molar-refractivity contribution in [1.29, 1.82) is 0 Å². The lowest BCUT2D eigenvalue weighted by molar-refractivity contribution is -0.141. The zero-order chi connectivity index (χ0) is 22.0. The number of rotatable bonds is 4. The smallest absolute Gasteiger partial charge is 0.258 e. The molecular formula is C23H29ClN4O3. The minimum absolute atomic E-state index is 0.0250. The molecule has 2 aliphatic rings. The summed E-state index contributed by atoms with van der Waals surface area (Å²) in [5.41, 5.74) is 3.37. The van der Waals surface area contributed by atoms with Gasteiger partial charge in [-0.2, -0.15) is 5.10 Å². The molecule has 3 heterocycles. The Kier molecular flexibility index (Phi) is 6.62. The van der Waals surface area contributed by atoms with E-state index in [1.54, 1.807) is 9.58 Å². The first-order chi connectivity index (χ1) is 14.9. The van der Waals surface area contributed by atoms with Crippen LogP contribution in [0.3, 0.4) is 0 Å². The molecule has 4 rings (SSSR count). The number of carbonyl (C=O) groups excluding carboxylic acids is 2. The average molecular weight is 445 g/mol. The number of morpholine rings is 1. The SMILES string of the molecule is Cc1ccc(Cn2nc(C)c(C(=O)N3CCC(C(=O)N4CCOCC4)CC3)c2Cl)cc1. The lowest BCUT2D eigenvalue weighted by Crippen LogP contribution is -2.47. The molecule has 0 spiro atoms. The lowest BCUT2D eigenvalue weighted by Gasteiger charge is -2.35. The van der Waals surface area contributed by atoms with Gasteiger partial charge in [0.05, 0.1) is 31.0 Å². The van der Waals surface area contributed by atoms with Gasteiger partial charge in [0, 0.05) is 32.1 Å². The van der Waals surface area contributed by atoms with Crippen LogP contribution in [0, 0.1) is 19.8 Å². The van der Waals surface area contributed by atoms with Crippen LogP contribution in [0.4, 0.5) is 0 Å². The third-order valence-electron chi connectivity index (χ3n) is 6.19. The summed E-state index contributed by atoms with van der Waals surface area (Å²) in [5, 5.41) is 4.88. The topological polar surface area (TPSA) is 67.7 Å². The molecule has 8 heteroatoms. The molecule has 1 aromatic heterocycles. The Hall–Kier alpha value is -2.38. The van der Waals surface area contributed by atoms with E-state index in [1.165, 1.54) is 5.56 Å². The number of hydrogen-bond acceptors (Lipinski definition) is 4. The van der Waals surface area contributed by atoms with E-state index in [1.807, 2.05) is 43.0 Å². The van der Waals surface area contributed by atoms with Crippen molar-refractivity contribution in [1.82, 2.24) is 19.6 Å². The van der Waals surface area contributed by atoms with Gasteiger partial charge in [-0.1, -0.05) is 41.4 Å². The van der Waals surface area contributed by atoms with E-state index in [0.717, 1.165) is 5.56 Å². The number of aryl methyl sites for hydroxylation is 2. The lowest BCUT2D eigenvalue weighted by atomic mass is 9.94. The summed E-state index contributed by atoms with van der Waals surface area (Å²) in [6.45, 7) is 8.02. The highest BCUT2D eigenvalue weighted by Gasteiger charge is 2.33. The average Bonchev–Trinajstić information content (AvgIpc) is 3.07. The van der Waals surface area contributed by atoms with Crippen LogP contribution in [0.25, 0.3) is 0 Å². The van der Waals surface area contributed by atoms with Gasteiger partial charge in [0.2, 0.25) is 5.91 Å². The Labute approximate surface area is 187 Å². The van der Waals surface area contributed by atoms with Gasteiger partial charge in [0.15, 0.2) is 0 Å². The standard InChI is InChI=1S/C23H29ClN4O3/c1-16-3-5-18(6-4-16)15-28-21(24)20(17(2)25-28)23(30)26-9-7-19(8-10-26)22(29)27-11-13-31-14-12-27/h3-6,19H,7-15H2,1-2H3. The van der Waals surface area contributed by atoms with Crippen molar-refractivity contribution >= 4 is 23.4 Å². The fraction of sp³-hybridized carbons (Fsp3) is 0.522. The number of likely N-dealkylation sites (tertiary alicyclic amines) is 1. The number of piperidine rings is 1. The molecule has 0 saturated carbocycles. The number of halogens is 1. The van der Waals surface area contributed by atoms with E-state index < -0.39 is 0 Å². The van der Waals surface area contributed by atoms with Gasteiger partial charge in [-0.05, 0) is 32.3 Å². The minimum atomic E-state index is -0.102. The molecule has 2 amide bonds. The molecule has 0 aliphatic carbocycles. The van der Waals surface area contributed by atoms with Crippen LogP contribution in [-0.2, 0) is 16.1 Å². The second-order valence-electron chi connectivity index (χ2n) is 8.40. The van der Waals surface area contributed by atoms with Gasteiger partial charge in [0.1, 0.15) is 5.15 Å². The van der Waals surface area contributed by atoms with Crippen molar-refractivity contribution in [3.8, 4) is 0 Å². The molecule has 166 valence electrons. The van der Waals surface area contributed by atoms with E-state index >= 15 is 0 Å². The first-order valence-corrected chi connectivity index (χ1v) is 11.3. The van der Waals surface area contributed by atoms with Gasteiger partial charge in [-0.3, -0.25) is 9.59 Å². The molecule has 0 atom stereocenters. The molecule has 31 heavy (non-hydrogen) atoms. The van der Waals surface area contributed by atoms with Gasteiger partial charge >= 0.3 is 0 Å². The minimum Gasteiger partial charge on any atom is -0.378 e. The fourth-order valence-corrected chi connectivity index (χ4v) is 4.61. The molecule has 2 aliphatic heterocycles. The number of hydrogen-bond donors (Lipinski definition) is 0. The van der Waals surface area contributed by atoms with Crippen molar-refractivity contribution < 1.29 is 14.3 Å². The van der Waals surface area contributed by atoms with Gasteiger partial charge in [-0.25, -0.2) is 4.68 Å². The summed E-state index contributed by atoms with van der Waals surface area (Å²) in [6.07, 6.45) is 1.35. The molecule has 0 unspecified atom stereocenters. The summed E-state index contributed by atoms with van der Waals surface area (Å²) < 4.78 is 7.02. The normalized spacial score (nSPS) is 17.8. The highest BCUT2D eigenvalue weighted by molar-refractivity contribution is 6.33. The Morgan fingerprint density at radius 2 is 1.68 bits per heavy atom. The molecule has 0 radical (unpaired) electrons. The summed E-state index contributed by atoms with van der Waals surface area (Å²) in [4.78, 5) is 29.6. The first-order valence-electron chi connectivity index (χ1n) is 10.9. The Morgan fingerprint density at radius 1 is 1.03 bits per heavy atom. The van der Waals surface area contributed by atoms with Crippen LogP contribution in [-0.4, -0.2) is 70.8 Å². The van der Waals surface area contributed by atoms with Gasteiger partial charge in [-0.15, -0.1) is 0 Å². The van der Waals surface area contributed by atoms with E-state index in [4.69, 9.17) is 16.3 Å². The number of aromatic nitrogens is 2. The van der Waals surface area contributed by atoms with Crippen LogP contribution in [0.5, 0.6) is 0 Å². The summed E-state index contributed by atoms with van der Waals surface area (Å²) >= 11 is 6.59. The highest BCUT2D eigenvalue weighted by atomic mass is 35.5. The van der Waals surface area contributed by atoms with Crippen LogP contribution >= 0.6 is 11.6 Å². The second-order valence-corrected chi connectivity index (χ2v) is 8.76. The quantitative estimate of drug-likeness (QED) is 0.727. The number of ether oxygens (including phenoxy) is 1. The van der Waals surface area contributed by atoms with E-state index in [2.05, 4.69) is 5.10 Å². The third kappa shape index (κ3) is 4.77. The molecule has 0 N–H and O–H groups in total. The molecular weight excluding hydrogens is 416 g/mol. The number of benzene rings is 1. The van der Waals surface area contributed by atoms with E-state index in [-0.39, 0.29) is 17.7 Å². The van der Waals surface area contributed by atoms with E-state index in [0.29, 0.717) is 75.2 Å². The predicted octanol–water partition coefficient (Wildman–Crippen LogP) is 2.91. The van der Waals surface area contributed by atoms with Crippen LogP contribution < -0.4 is 0 Å². The maximum Gasteiger partial charge on any atom is 0.258 e. The number of nitrogens with zero attached hydrogens (tertiary/aromatic N) is 4. The molecule has 7 nitrogen and oxygen atoms in total. The van der Waals surface area contributed by atoms with Crippen molar-refractivity contribution in [2.45, 2.75) is 33.2 Å². The maximum absolute atomic E-state index is 13.2. The Balaban J connectivity index is 1.40. The largest absolute Gasteiger partial charge is 0.378 e. The van der Waals surface area contributed by atoms with Crippen molar-refractivity contribution in [3.05, 3.63) is 51.8 Å². The van der Waals surface area contributed by atoms with Gasteiger partial charge in [0.25, 0.3) is 5.91 Å². The Bertz CT molecular complexity index is 942. The molecule has 0 bridgehead atoms. The summed E-state index contributed by atoms with van der Waals surface area (Å²) in [7, 11) is 0. The van der Waals surface area contributed by atoms with Crippen LogP contribution in [0.15, 0.2) is 24.3 Å². The monoisotopic (exact) mass is 444 g/mol. The summed E-state index contributed by atoms with van der Waals surface area (Å²) in [5.74, 6) is 0.0634. The number of amides is 2. The van der Waals surface area contributed by atoms with Gasteiger partial charge < -0.3 is 14.5 Å². The summed E-state index contributed by atoms with van der Waals surface area (Å²) in [6, 6.07) is 8.18. The number of carbonyl (C=O) groups is 2. The highest BCUT2D eigenvalue weighted by Crippen LogP contribution is 2.26. The zero-order valence-corrected chi connectivity index (χ0v) is 18.9. The molecule has 2 aromatic rings. The van der Waals surface area contributed by atoms with Crippen LogP contribution in [0.2, 0.25) is 5.15 Å². The van der Waals surface area contributed by atoms with Crippen molar-refractivity contribution in [2.24, 2.45) is 5.92 Å².